The Hall–Kier alpha value is -1.06. The lowest BCUT2D eigenvalue weighted by molar-refractivity contribution is -0.145. The average Bonchev–Trinajstić information content (AvgIpc) is 2.72. The monoisotopic (exact) mass is 295 g/mol. The summed E-state index contributed by atoms with van der Waals surface area (Å²) in [5, 5.41) is 9.16. The minimum absolute atomic E-state index is 0.0598. The van der Waals surface area contributed by atoms with Crippen molar-refractivity contribution in [2.45, 2.75) is 58.8 Å². The van der Waals surface area contributed by atoms with Crippen molar-refractivity contribution in [1.29, 1.82) is 0 Å². The first-order valence-corrected chi connectivity index (χ1v) is 8.50. The van der Waals surface area contributed by atoms with Crippen molar-refractivity contribution in [1.82, 2.24) is 4.90 Å². The molecule has 4 nitrogen and oxygen atoms in total. The molecule has 2 rings (SSSR count). The van der Waals surface area contributed by atoms with Gasteiger partial charge < -0.3 is 10.0 Å². The number of carbonyl (C=O) groups is 2. The molecule has 3 unspecified atom stereocenters. The van der Waals surface area contributed by atoms with E-state index in [0.29, 0.717) is 12.3 Å². The molecule has 0 spiro atoms. The molecule has 0 radical (unpaired) electrons. The largest absolute Gasteiger partial charge is 0.481 e. The molecule has 4 heteroatoms. The quantitative estimate of drug-likeness (QED) is 0.870. The standard InChI is InChI=1S/C17H29NO3/c1-12(2)13-7-4-9-18(10-8-13)16(19)14-5-3-6-15(11-14)17(20)21/h12-15H,3-11H2,1-2H3,(H,20,21). The van der Waals surface area contributed by atoms with E-state index in [2.05, 4.69) is 13.8 Å². The van der Waals surface area contributed by atoms with Crippen LogP contribution in [-0.2, 0) is 9.59 Å². The van der Waals surface area contributed by atoms with Gasteiger partial charge in [-0.2, -0.15) is 0 Å². The second kappa shape index (κ2) is 7.28. The average molecular weight is 295 g/mol. The molecule has 1 heterocycles. The van der Waals surface area contributed by atoms with Crippen LogP contribution in [0.1, 0.15) is 58.8 Å². The highest BCUT2D eigenvalue weighted by molar-refractivity contribution is 5.80. The maximum absolute atomic E-state index is 12.7. The Labute approximate surface area is 127 Å². The van der Waals surface area contributed by atoms with Crippen molar-refractivity contribution >= 4 is 11.9 Å². The first-order chi connectivity index (χ1) is 9.99. The fourth-order valence-electron chi connectivity index (χ4n) is 3.91. The Balaban J connectivity index is 1.91. The summed E-state index contributed by atoms with van der Waals surface area (Å²) >= 11 is 0. The molecule has 120 valence electrons. The van der Waals surface area contributed by atoms with E-state index < -0.39 is 5.97 Å². The number of nitrogens with zero attached hydrogens (tertiary/aromatic N) is 1. The third-order valence-corrected chi connectivity index (χ3v) is 5.40. The zero-order valence-corrected chi connectivity index (χ0v) is 13.4. The number of amides is 1. The molecular weight excluding hydrogens is 266 g/mol. The van der Waals surface area contributed by atoms with Crippen LogP contribution in [0.4, 0.5) is 0 Å². The van der Waals surface area contributed by atoms with Crippen LogP contribution in [0.5, 0.6) is 0 Å². The molecule has 0 aromatic rings. The van der Waals surface area contributed by atoms with Crippen LogP contribution < -0.4 is 0 Å². The Morgan fingerprint density at radius 2 is 1.71 bits per heavy atom. The highest BCUT2D eigenvalue weighted by Gasteiger charge is 2.34. The van der Waals surface area contributed by atoms with Crippen molar-refractivity contribution in [3.05, 3.63) is 0 Å². The fraction of sp³-hybridized carbons (Fsp3) is 0.882. The van der Waals surface area contributed by atoms with Gasteiger partial charge >= 0.3 is 5.97 Å². The van der Waals surface area contributed by atoms with Gasteiger partial charge in [0.25, 0.3) is 0 Å². The van der Waals surface area contributed by atoms with Crippen LogP contribution in [0.25, 0.3) is 0 Å². The Morgan fingerprint density at radius 3 is 2.38 bits per heavy atom. The molecule has 21 heavy (non-hydrogen) atoms. The fourth-order valence-corrected chi connectivity index (χ4v) is 3.91. The van der Waals surface area contributed by atoms with Gasteiger partial charge in [-0.15, -0.1) is 0 Å². The van der Waals surface area contributed by atoms with Gasteiger partial charge in [0.2, 0.25) is 5.91 Å². The van der Waals surface area contributed by atoms with Gasteiger partial charge in [-0.05, 0) is 50.4 Å². The maximum Gasteiger partial charge on any atom is 0.306 e. The van der Waals surface area contributed by atoms with Crippen molar-refractivity contribution < 1.29 is 14.7 Å². The second-order valence-corrected chi connectivity index (χ2v) is 7.16. The maximum atomic E-state index is 12.7. The summed E-state index contributed by atoms with van der Waals surface area (Å²) in [6, 6.07) is 0. The van der Waals surface area contributed by atoms with E-state index in [9.17, 15) is 9.59 Å². The first-order valence-electron chi connectivity index (χ1n) is 8.50. The minimum Gasteiger partial charge on any atom is -0.481 e. The van der Waals surface area contributed by atoms with E-state index in [0.717, 1.165) is 51.1 Å². The van der Waals surface area contributed by atoms with E-state index in [4.69, 9.17) is 5.11 Å². The van der Waals surface area contributed by atoms with Crippen molar-refractivity contribution in [2.24, 2.45) is 23.7 Å². The lowest BCUT2D eigenvalue weighted by Crippen LogP contribution is -2.39. The number of aliphatic carboxylic acids is 1. The number of carboxylic acid groups (broad SMARTS) is 1. The summed E-state index contributed by atoms with van der Waals surface area (Å²) in [6.45, 7) is 6.24. The summed E-state index contributed by atoms with van der Waals surface area (Å²) in [5.74, 6) is 0.513. The Morgan fingerprint density at radius 1 is 1.00 bits per heavy atom. The molecule has 1 saturated carbocycles. The van der Waals surface area contributed by atoms with Gasteiger partial charge in [-0.25, -0.2) is 0 Å². The first kappa shape index (κ1) is 16.3. The van der Waals surface area contributed by atoms with E-state index in [1.54, 1.807) is 0 Å². The third kappa shape index (κ3) is 4.21. The number of likely N-dealkylation sites (tertiary alicyclic amines) is 1. The van der Waals surface area contributed by atoms with Crippen LogP contribution >= 0.6 is 0 Å². The number of hydrogen-bond donors (Lipinski definition) is 1. The normalized spacial score (nSPS) is 31.0. The summed E-state index contributed by atoms with van der Waals surface area (Å²) in [4.78, 5) is 25.8. The van der Waals surface area contributed by atoms with Crippen LogP contribution in [-0.4, -0.2) is 35.0 Å². The molecule has 1 amide bonds. The molecular formula is C17H29NO3. The van der Waals surface area contributed by atoms with E-state index >= 15 is 0 Å². The molecule has 1 aliphatic heterocycles. The molecule has 2 fully saturated rings. The van der Waals surface area contributed by atoms with E-state index in [1.165, 1.54) is 6.42 Å². The highest BCUT2D eigenvalue weighted by Crippen LogP contribution is 2.32. The molecule has 0 aromatic heterocycles. The predicted molar refractivity (Wildman–Crippen MR) is 81.8 cm³/mol. The van der Waals surface area contributed by atoms with Crippen molar-refractivity contribution in [3.63, 3.8) is 0 Å². The van der Waals surface area contributed by atoms with E-state index in [1.807, 2.05) is 4.90 Å². The molecule has 1 aliphatic carbocycles. The van der Waals surface area contributed by atoms with Gasteiger partial charge in [-0.3, -0.25) is 9.59 Å². The zero-order chi connectivity index (χ0) is 15.4. The number of hydrogen-bond acceptors (Lipinski definition) is 2. The Kier molecular flexibility index (Phi) is 5.65. The molecule has 0 bridgehead atoms. The lowest BCUT2D eigenvalue weighted by Gasteiger charge is -2.31. The topological polar surface area (TPSA) is 57.6 Å². The molecule has 1 saturated heterocycles. The minimum atomic E-state index is -0.733. The molecule has 3 atom stereocenters. The summed E-state index contributed by atoms with van der Waals surface area (Å²) in [7, 11) is 0. The van der Waals surface area contributed by atoms with Crippen molar-refractivity contribution in [3.8, 4) is 0 Å². The molecule has 0 aromatic carbocycles. The van der Waals surface area contributed by atoms with Gasteiger partial charge in [0, 0.05) is 19.0 Å². The number of carbonyl (C=O) groups excluding carboxylic acids is 1. The van der Waals surface area contributed by atoms with Crippen LogP contribution in [0.15, 0.2) is 0 Å². The number of carboxylic acids is 1. The third-order valence-electron chi connectivity index (χ3n) is 5.40. The molecule has 1 N–H and O–H groups in total. The molecule has 2 aliphatic rings. The zero-order valence-electron chi connectivity index (χ0n) is 13.4. The lowest BCUT2D eigenvalue weighted by atomic mass is 9.80. The van der Waals surface area contributed by atoms with Crippen LogP contribution in [0.3, 0.4) is 0 Å². The highest BCUT2D eigenvalue weighted by atomic mass is 16.4. The summed E-state index contributed by atoms with van der Waals surface area (Å²) < 4.78 is 0. The van der Waals surface area contributed by atoms with Gasteiger partial charge in [-0.1, -0.05) is 20.3 Å². The SMILES string of the molecule is CC(C)C1CCCN(C(=O)C2CCCC(C(=O)O)C2)CC1. The van der Waals surface area contributed by atoms with Crippen molar-refractivity contribution in [2.75, 3.05) is 13.1 Å². The van der Waals surface area contributed by atoms with Gasteiger partial charge in [0.1, 0.15) is 0 Å². The summed E-state index contributed by atoms with van der Waals surface area (Å²) in [6.07, 6.45) is 6.40. The van der Waals surface area contributed by atoms with Crippen LogP contribution in [0.2, 0.25) is 0 Å². The smallest absolute Gasteiger partial charge is 0.306 e. The summed E-state index contributed by atoms with van der Waals surface area (Å²) in [5.41, 5.74) is 0. The second-order valence-electron chi connectivity index (χ2n) is 7.16. The van der Waals surface area contributed by atoms with Gasteiger partial charge in [0.05, 0.1) is 5.92 Å². The number of rotatable bonds is 3. The van der Waals surface area contributed by atoms with E-state index in [-0.39, 0.29) is 17.7 Å². The Bertz CT molecular complexity index is 380. The van der Waals surface area contributed by atoms with Gasteiger partial charge in [0.15, 0.2) is 0 Å². The predicted octanol–water partition coefficient (Wildman–Crippen LogP) is 3.16. The van der Waals surface area contributed by atoms with Crippen LogP contribution in [0, 0.1) is 23.7 Å².